The zero-order chi connectivity index (χ0) is 11.4. The van der Waals surface area contributed by atoms with E-state index in [-0.39, 0.29) is 5.92 Å². The van der Waals surface area contributed by atoms with Crippen LogP contribution < -0.4 is 0 Å². The van der Waals surface area contributed by atoms with E-state index in [9.17, 15) is 4.79 Å². The van der Waals surface area contributed by atoms with Gasteiger partial charge >= 0.3 is 0 Å². The summed E-state index contributed by atoms with van der Waals surface area (Å²) in [6.07, 6.45) is 4.35. The first-order chi connectivity index (χ1) is 7.81. The van der Waals surface area contributed by atoms with E-state index >= 15 is 0 Å². The summed E-state index contributed by atoms with van der Waals surface area (Å²) in [6.45, 7) is 0. The van der Waals surface area contributed by atoms with Gasteiger partial charge < -0.3 is 4.79 Å². The van der Waals surface area contributed by atoms with E-state index in [4.69, 9.17) is 0 Å². The molecule has 0 fully saturated rings. The van der Waals surface area contributed by atoms with Gasteiger partial charge in [0.2, 0.25) is 0 Å². The molecule has 0 N–H and O–H groups in total. The van der Waals surface area contributed by atoms with Crippen LogP contribution in [0.2, 0.25) is 0 Å². The minimum atomic E-state index is -0.222. The summed E-state index contributed by atoms with van der Waals surface area (Å²) in [5.74, 6) is -0.222. The number of halogens is 1. The Labute approximate surface area is 102 Å². The zero-order valence-corrected chi connectivity index (χ0v) is 10.1. The molecule has 1 unspecified atom stereocenters. The summed E-state index contributed by atoms with van der Waals surface area (Å²) in [7, 11) is 0. The van der Waals surface area contributed by atoms with Gasteiger partial charge in [0.05, 0.1) is 5.92 Å². The fourth-order valence-corrected chi connectivity index (χ4v) is 2.04. The lowest BCUT2D eigenvalue weighted by atomic mass is 9.94. The molecule has 2 nitrogen and oxygen atoms in total. The molecule has 0 aliphatic rings. The van der Waals surface area contributed by atoms with Gasteiger partial charge in [0.1, 0.15) is 6.29 Å². The van der Waals surface area contributed by atoms with Gasteiger partial charge in [-0.05, 0) is 35.4 Å². The first-order valence-electron chi connectivity index (χ1n) is 4.92. The van der Waals surface area contributed by atoms with Crippen LogP contribution in [0, 0.1) is 0 Å². The summed E-state index contributed by atoms with van der Waals surface area (Å²) in [6, 6.07) is 11.5. The lowest BCUT2D eigenvalue weighted by molar-refractivity contribution is -0.108. The number of carbonyl (C=O) groups excluding carboxylic acids is 1. The highest BCUT2D eigenvalue weighted by Crippen LogP contribution is 2.24. The van der Waals surface area contributed by atoms with E-state index in [1.807, 2.05) is 36.4 Å². The van der Waals surface area contributed by atoms with Gasteiger partial charge in [0, 0.05) is 16.9 Å². The average Bonchev–Trinajstić information content (AvgIpc) is 2.31. The number of hydrogen-bond acceptors (Lipinski definition) is 2. The molecule has 0 bridgehead atoms. The predicted octanol–water partition coefficient (Wildman–Crippen LogP) is 3.17. The number of nitrogens with zero attached hydrogens (tertiary/aromatic N) is 1. The summed E-state index contributed by atoms with van der Waals surface area (Å²) in [5.41, 5.74) is 1.94. The van der Waals surface area contributed by atoms with Gasteiger partial charge in [0.15, 0.2) is 0 Å². The maximum atomic E-state index is 11.2. The Morgan fingerprint density at radius 2 is 1.88 bits per heavy atom. The predicted molar refractivity (Wildman–Crippen MR) is 66.3 cm³/mol. The van der Waals surface area contributed by atoms with Crippen molar-refractivity contribution >= 4 is 22.2 Å². The molecule has 0 amide bonds. The van der Waals surface area contributed by atoms with Crippen molar-refractivity contribution in [2.24, 2.45) is 0 Å². The van der Waals surface area contributed by atoms with Crippen molar-refractivity contribution in [1.29, 1.82) is 0 Å². The summed E-state index contributed by atoms with van der Waals surface area (Å²) >= 11 is 3.40. The molecule has 0 spiro atoms. The van der Waals surface area contributed by atoms with Crippen LogP contribution >= 0.6 is 15.9 Å². The van der Waals surface area contributed by atoms with Crippen LogP contribution in [0.4, 0.5) is 0 Å². The molecule has 0 radical (unpaired) electrons. The molecule has 0 saturated carbocycles. The Morgan fingerprint density at radius 3 is 2.50 bits per heavy atom. The van der Waals surface area contributed by atoms with E-state index in [2.05, 4.69) is 20.9 Å². The third kappa shape index (κ3) is 2.36. The second-order valence-electron chi connectivity index (χ2n) is 3.45. The van der Waals surface area contributed by atoms with Crippen molar-refractivity contribution in [3.8, 4) is 0 Å². The van der Waals surface area contributed by atoms with Crippen LogP contribution in [-0.2, 0) is 4.79 Å². The molecule has 16 heavy (non-hydrogen) atoms. The van der Waals surface area contributed by atoms with Crippen LogP contribution in [0.5, 0.6) is 0 Å². The maximum absolute atomic E-state index is 11.2. The molecule has 2 rings (SSSR count). The standard InChI is InChI=1S/C13H10BrNO/c14-12-3-1-2-11(8-12)13(9-16)10-4-6-15-7-5-10/h1-9,13H. The lowest BCUT2D eigenvalue weighted by Crippen LogP contribution is -2.02. The Balaban J connectivity index is 2.41. The first kappa shape index (κ1) is 11.0. The fourth-order valence-electron chi connectivity index (χ4n) is 1.62. The van der Waals surface area contributed by atoms with Crippen LogP contribution in [-0.4, -0.2) is 11.3 Å². The van der Waals surface area contributed by atoms with Crippen molar-refractivity contribution in [2.75, 3.05) is 0 Å². The smallest absolute Gasteiger partial charge is 0.131 e. The number of aldehydes is 1. The van der Waals surface area contributed by atoms with E-state index < -0.39 is 0 Å². The van der Waals surface area contributed by atoms with Crippen molar-refractivity contribution in [2.45, 2.75) is 5.92 Å². The summed E-state index contributed by atoms with van der Waals surface area (Å²) in [4.78, 5) is 15.1. The third-order valence-corrected chi connectivity index (χ3v) is 2.90. The third-order valence-electron chi connectivity index (χ3n) is 2.41. The molecule has 1 heterocycles. The van der Waals surface area contributed by atoms with Crippen molar-refractivity contribution in [3.05, 3.63) is 64.4 Å². The maximum Gasteiger partial charge on any atom is 0.131 e. The quantitative estimate of drug-likeness (QED) is 0.806. The van der Waals surface area contributed by atoms with Gasteiger partial charge in [-0.2, -0.15) is 0 Å². The van der Waals surface area contributed by atoms with Crippen molar-refractivity contribution < 1.29 is 4.79 Å². The molecule has 1 atom stereocenters. The Morgan fingerprint density at radius 1 is 1.12 bits per heavy atom. The minimum absolute atomic E-state index is 0.222. The normalized spacial score (nSPS) is 12.1. The molecule has 80 valence electrons. The van der Waals surface area contributed by atoms with Crippen LogP contribution in [0.1, 0.15) is 17.0 Å². The average molecular weight is 276 g/mol. The highest BCUT2D eigenvalue weighted by Gasteiger charge is 2.12. The second-order valence-corrected chi connectivity index (χ2v) is 4.36. The Kier molecular flexibility index (Phi) is 3.47. The Bertz CT molecular complexity index is 484. The highest BCUT2D eigenvalue weighted by atomic mass is 79.9. The minimum Gasteiger partial charge on any atom is -0.302 e. The van der Waals surface area contributed by atoms with Crippen molar-refractivity contribution in [3.63, 3.8) is 0 Å². The lowest BCUT2D eigenvalue weighted by Gasteiger charge is -2.10. The number of aromatic nitrogens is 1. The van der Waals surface area contributed by atoms with Gasteiger partial charge in [-0.25, -0.2) is 0 Å². The number of rotatable bonds is 3. The van der Waals surface area contributed by atoms with E-state index in [1.54, 1.807) is 12.4 Å². The molecule has 1 aromatic heterocycles. The second kappa shape index (κ2) is 5.03. The Hall–Kier alpha value is -1.48. The number of carbonyl (C=O) groups is 1. The van der Waals surface area contributed by atoms with Crippen LogP contribution in [0.15, 0.2) is 53.3 Å². The molecule has 2 aromatic rings. The first-order valence-corrected chi connectivity index (χ1v) is 5.71. The monoisotopic (exact) mass is 275 g/mol. The largest absolute Gasteiger partial charge is 0.302 e. The molecule has 0 aliphatic heterocycles. The molecule has 0 saturated heterocycles. The molecular formula is C13H10BrNO. The molecule has 1 aromatic carbocycles. The summed E-state index contributed by atoms with van der Waals surface area (Å²) < 4.78 is 0.978. The molecule has 3 heteroatoms. The van der Waals surface area contributed by atoms with E-state index in [0.717, 1.165) is 21.9 Å². The van der Waals surface area contributed by atoms with Gasteiger partial charge in [-0.15, -0.1) is 0 Å². The van der Waals surface area contributed by atoms with Gasteiger partial charge in [-0.1, -0.05) is 28.1 Å². The molecule has 0 aliphatic carbocycles. The van der Waals surface area contributed by atoms with E-state index in [0.29, 0.717) is 0 Å². The fraction of sp³-hybridized carbons (Fsp3) is 0.0769. The van der Waals surface area contributed by atoms with Gasteiger partial charge in [0.25, 0.3) is 0 Å². The number of benzene rings is 1. The van der Waals surface area contributed by atoms with E-state index in [1.165, 1.54) is 0 Å². The summed E-state index contributed by atoms with van der Waals surface area (Å²) in [5, 5.41) is 0. The van der Waals surface area contributed by atoms with Crippen LogP contribution in [0.3, 0.4) is 0 Å². The molecular weight excluding hydrogens is 266 g/mol. The van der Waals surface area contributed by atoms with Crippen molar-refractivity contribution in [1.82, 2.24) is 4.98 Å². The SMILES string of the molecule is O=CC(c1ccncc1)c1cccc(Br)c1. The zero-order valence-electron chi connectivity index (χ0n) is 8.51. The number of hydrogen-bond donors (Lipinski definition) is 0. The topological polar surface area (TPSA) is 30.0 Å². The highest BCUT2D eigenvalue weighted by molar-refractivity contribution is 9.10. The number of pyridine rings is 1. The van der Waals surface area contributed by atoms with Crippen LogP contribution in [0.25, 0.3) is 0 Å². The van der Waals surface area contributed by atoms with Gasteiger partial charge in [-0.3, -0.25) is 4.98 Å².